The molecule has 0 aromatic heterocycles. The number of halogens is 2. The van der Waals surface area contributed by atoms with E-state index in [9.17, 15) is 8.78 Å². The minimum atomic E-state index is -0.551. The molecule has 0 bridgehead atoms. The van der Waals surface area contributed by atoms with Crippen LogP contribution in [-0.4, -0.2) is 0 Å². The summed E-state index contributed by atoms with van der Waals surface area (Å²) in [6, 6.07) is 13.0. The van der Waals surface area contributed by atoms with Crippen molar-refractivity contribution in [3.05, 3.63) is 60.2 Å². The smallest absolute Gasteiger partial charge is 0.140 e. The molecule has 0 amide bonds. The van der Waals surface area contributed by atoms with Crippen LogP contribution < -0.4 is 0 Å². The molecule has 15 heavy (non-hydrogen) atoms. The van der Waals surface area contributed by atoms with E-state index < -0.39 is 11.6 Å². The first-order valence-corrected chi connectivity index (χ1v) is 5.25. The summed E-state index contributed by atoms with van der Waals surface area (Å²) >= 11 is 1.28. The minimum absolute atomic E-state index is 0.433. The zero-order valence-electron chi connectivity index (χ0n) is 7.78. The normalized spacial score (nSPS) is 10.3. The Labute approximate surface area is 90.9 Å². The Balaban J connectivity index is 2.25. The summed E-state index contributed by atoms with van der Waals surface area (Å²) in [5, 5.41) is 0. The molecule has 0 saturated carbocycles. The van der Waals surface area contributed by atoms with Gasteiger partial charge in [-0.05, 0) is 24.3 Å². The molecule has 0 saturated heterocycles. The van der Waals surface area contributed by atoms with Crippen LogP contribution in [-0.2, 0) is 0 Å². The highest BCUT2D eigenvalue weighted by Crippen LogP contribution is 2.29. The van der Waals surface area contributed by atoms with E-state index in [0.717, 1.165) is 11.0 Å². The maximum absolute atomic E-state index is 13.3. The Morgan fingerprint density at radius 3 is 2.27 bits per heavy atom. The standard InChI is InChI=1S/C12H8F2S/c13-9-6-7-12(11(14)8-9)15-10-4-2-1-3-5-10/h1-8H. The summed E-state index contributed by atoms with van der Waals surface area (Å²) in [5.41, 5.74) is 0. The summed E-state index contributed by atoms with van der Waals surface area (Å²) in [6.45, 7) is 0. The summed E-state index contributed by atoms with van der Waals surface area (Å²) < 4.78 is 25.9. The third-order valence-corrected chi connectivity index (χ3v) is 2.92. The van der Waals surface area contributed by atoms with Crippen LogP contribution in [0.2, 0.25) is 0 Å². The van der Waals surface area contributed by atoms with Gasteiger partial charge in [0.05, 0.1) is 0 Å². The molecule has 76 valence electrons. The molecule has 0 aliphatic carbocycles. The van der Waals surface area contributed by atoms with Crippen molar-refractivity contribution in [2.75, 3.05) is 0 Å². The van der Waals surface area contributed by atoms with Crippen LogP contribution in [0.4, 0.5) is 8.78 Å². The summed E-state index contributed by atoms with van der Waals surface area (Å²) in [4.78, 5) is 1.37. The Morgan fingerprint density at radius 1 is 0.867 bits per heavy atom. The molecule has 0 atom stereocenters. The molecule has 3 heteroatoms. The fraction of sp³-hybridized carbons (Fsp3) is 0. The molecule has 0 spiro atoms. The lowest BCUT2D eigenvalue weighted by Gasteiger charge is -2.02. The Kier molecular flexibility index (Phi) is 3.02. The molecule has 2 aromatic carbocycles. The van der Waals surface area contributed by atoms with Gasteiger partial charge in [-0.1, -0.05) is 30.0 Å². The molecule has 0 radical (unpaired) electrons. The maximum atomic E-state index is 13.3. The van der Waals surface area contributed by atoms with Crippen molar-refractivity contribution in [2.24, 2.45) is 0 Å². The van der Waals surface area contributed by atoms with Crippen LogP contribution in [0.1, 0.15) is 0 Å². The van der Waals surface area contributed by atoms with Gasteiger partial charge >= 0.3 is 0 Å². The summed E-state index contributed by atoms with van der Waals surface area (Å²) in [6.07, 6.45) is 0. The quantitative estimate of drug-likeness (QED) is 0.736. The van der Waals surface area contributed by atoms with Crippen molar-refractivity contribution in [3.63, 3.8) is 0 Å². The van der Waals surface area contributed by atoms with Crippen LogP contribution in [0.25, 0.3) is 0 Å². The molecule has 2 aromatic rings. The van der Waals surface area contributed by atoms with E-state index >= 15 is 0 Å². The topological polar surface area (TPSA) is 0 Å². The van der Waals surface area contributed by atoms with Crippen LogP contribution in [0.15, 0.2) is 58.3 Å². The molecular formula is C12H8F2S. The Bertz CT molecular complexity index is 454. The van der Waals surface area contributed by atoms with Gasteiger partial charge in [-0.15, -0.1) is 0 Å². The zero-order valence-corrected chi connectivity index (χ0v) is 8.60. The highest BCUT2D eigenvalue weighted by atomic mass is 32.2. The monoisotopic (exact) mass is 222 g/mol. The first-order chi connectivity index (χ1) is 7.25. The van der Waals surface area contributed by atoms with Crippen molar-refractivity contribution in [2.45, 2.75) is 9.79 Å². The zero-order chi connectivity index (χ0) is 10.7. The largest absolute Gasteiger partial charge is 0.207 e. The Morgan fingerprint density at radius 2 is 1.60 bits per heavy atom. The van der Waals surface area contributed by atoms with E-state index in [2.05, 4.69) is 0 Å². The van der Waals surface area contributed by atoms with Crippen LogP contribution in [0, 0.1) is 11.6 Å². The molecule has 0 aliphatic rings. The van der Waals surface area contributed by atoms with Crippen molar-refractivity contribution >= 4 is 11.8 Å². The third kappa shape index (κ3) is 2.57. The first-order valence-electron chi connectivity index (χ1n) is 4.43. The second-order valence-electron chi connectivity index (χ2n) is 2.99. The fourth-order valence-electron chi connectivity index (χ4n) is 1.17. The molecular weight excluding hydrogens is 214 g/mol. The SMILES string of the molecule is Fc1ccc(Sc2ccccc2)c(F)c1. The van der Waals surface area contributed by atoms with Crippen molar-refractivity contribution in [3.8, 4) is 0 Å². The van der Waals surface area contributed by atoms with Gasteiger partial charge in [-0.2, -0.15) is 0 Å². The van der Waals surface area contributed by atoms with Crippen molar-refractivity contribution in [1.82, 2.24) is 0 Å². The van der Waals surface area contributed by atoms with Gasteiger partial charge < -0.3 is 0 Å². The minimum Gasteiger partial charge on any atom is -0.207 e. The molecule has 0 nitrogen and oxygen atoms in total. The van der Waals surface area contributed by atoms with Crippen molar-refractivity contribution < 1.29 is 8.78 Å². The lowest BCUT2D eigenvalue weighted by molar-refractivity contribution is 0.565. The molecule has 2 rings (SSSR count). The van der Waals surface area contributed by atoms with Gasteiger partial charge in [0.1, 0.15) is 11.6 Å². The van der Waals surface area contributed by atoms with Crippen molar-refractivity contribution in [1.29, 1.82) is 0 Å². The Hall–Kier alpha value is -1.35. The predicted octanol–water partition coefficient (Wildman–Crippen LogP) is 4.12. The van der Waals surface area contributed by atoms with Crippen LogP contribution >= 0.6 is 11.8 Å². The van der Waals surface area contributed by atoms with Gasteiger partial charge in [-0.25, -0.2) is 8.78 Å². The van der Waals surface area contributed by atoms with E-state index in [-0.39, 0.29) is 0 Å². The lowest BCUT2D eigenvalue weighted by atomic mass is 10.3. The van der Waals surface area contributed by atoms with E-state index in [0.29, 0.717) is 4.90 Å². The molecule has 0 aliphatic heterocycles. The van der Waals surface area contributed by atoms with Crippen LogP contribution in [0.5, 0.6) is 0 Å². The van der Waals surface area contributed by atoms with Gasteiger partial charge in [-0.3, -0.25) is 0 Å². The highest BCUT2D eigenvalue weighted by molar-refractivity contribution is 7.99. The van der Waals surface area contributed by atoms with Gasteiger partial charge in [0.15, 0.2) is 0 Å². The second kappa shape index (κ2) is 4.45. The predicted molar refractivity (Wildman–Crippen MR) is 56.9 cm³/mol. The fourth-order valence-corrected chi connectivity index (χ4v) is 2.01. The summed E-state index contributed by atoms with van der Waals surface area (Å²) in [7, 11) is 0. The van der Waals surface area contributed by atoms with Gasteiger partial charge in [0.25, 0.3) is 0 Å². The molecule has 0 fully saturated rings. The highest BCUT2D eigenvalue weighted by Gasteiger charge is 2.04. The number of rotatable bonds is 2. The van der Waals surface area contributed by atoms with Crippen LogP contribution in [0.3, 0.4) is 0 Å². The first kappa shape index (κ1) is 10.2. The van der Waals surface area contributed by atoms with Gasteiger partial charge in [0, 0.05) is 15.9 Å². The van der Waals surface area contributed by atoms with E-state index in [1.165, 1.54) is 23.9 Å². The van der Waals surface area contributed by atoms with E-state index in [1.54, 1.807) is 0 Å². The van der Waals surface area contributed by atoms with E-state index in [1.807, 2.05) is 30.3 Å². The molecule has 0 heterocycles. The van der Waals surface area contributed by atoms with Gasteiger partial charge in [0.2, 0.25) is 0 Å². The second-order valence-corrected chi connectivity index (χ2v) is 4.11. The number of hydrogen-bond donors (Lipinski definition) is 0. The number of hydrogen-bond acceptors (Lipinski definition) is 1. The third-order valence-electron chi connectivity index (χ3n) is 1.86. The average Bonchev–Trinajstić information content (AvgIpc) is 2.24. The van der Waals surface area contributed by atoms with E-state index in [4.69, 9.17) is 0 Å². The lowest BCUT2D eigenvalue weighted by Crippen LogP contribution is -1.83. The molecule has 0 unspecified atom stereocenters. The molecule has 0 N–H and O–H groups in total. The average molecular weight is 222 g/mol. The summed E-state index contributed by atoms with van der Waals surface area (Å²) in [5.74, 6) is -1.08. The number of benzene rings is 2. The maximum Gasteiger partial charge on any atom is 0.140 e.